The van der Waals surface area contributed by atoms with E-state index in [9.17, 15) is 0 Å². The van der Waals surface area contributed by atoms with Crippen molar-refractivity contribution in [3.8, 4) is 23.0 Å². The lowest BCUT2D eigenvalue weighted by molar-refractivity contribution is -0.154. The van der Waals surface area contributed by atoms with Crippen molar-refractivity contribution >= 4 is 0 Å². The zero-order valence-corrected chi connectivity index (χ0v) is 17.6. The van der Waals surface area contributed by atoms with Gasteiger partial charge in [0.25, 0.3) is 0 Å². The first-order chi connectivity index (χ1) is 14.8. The second-order valence-corrected chi connectivity index (χ2v) is 8.99. The third-order valence-corrected chi connectivity index (χ3v) is 7.52. The molecule has 5 nitrogen and oxygen atoms in total. The van der Waals surface area contributed by atoms with Gasteiger partial charge < -0.3 is 18.9 Å². The maximum absolute atomic E-state index is 7.00. The summed E-state index contributed by atoms with van der Waals surface area (Å²) in [5.74, 6) is 4.19. The Hall–Kier alpha value is -2.40. The number of benzene rings is 2. The quantitative estimate of drug-likeness (QED) is 0.721. The molecule has 2 fully saturated rings. The topological polar surface area (TPSA) is 40.2 Å². The van der Waals surface area contributed by atoms with Crippen molar-refractivity contribution in [2.24, 2.45) is 5.92 Å². The summed E-state index contributed by atoms with van der Waals surface area (Å²) in [7, 11) is 1.72. The number of methoxy groups -OCH3 is 1. The van der Waals surface area contributed by atoms with Crippen LogP contribution in [0.25, 0.3) is 0 Å². The Morgan fingerprint density at radius 2 is 1.70 bits per heavy atom. The number of nitrogens with zero attached hydrogens (tertiary/aromatic N) is 1. The van der Waals surface area contributed by atoms with Gasteiger partial charge in [-0.05, 0) is 49.4 Å². The molecule has 2 aromatic rings. The highest BCUT2D eigenvalue weighted by atomic mass is 16.7. The molecule has 1 saturated heterocycles. The van der Waals surface area contributed by atoms with Crippen LogP contribution in [0.1, 0.15) is 55.6 Å². The minimum Gasteiger partial charge on any atom is -0.497 e. The van der Waals surface area contributed by atoms with E-state index >= 15 is 0 Å². The zero-order valence-electron chi connectivity index (χ0n) is 17.6. The molecule has 1 saturated carbocycles. The summed E-state index contributed by atoms with van der Waals surface area (Å²) in [5.41, 5.74) is 2.33. The third-order valence-electron chi connectivity index (χ3n) is 7.52. The molecule has 6 rings (SSSR count). The van der Waals surface area contributed by atoms with Crippen molar-refractivity contribution in [2.45, 2.75) is 50.2 Å². The van der Waals surface area contributed by atoms with Crippen molar-refractivity contribution < 1.29 is 18.9 Å². The van der Waals surface area contributed by atoms with Crippen LogP contribution in [-0.2, 0) is 0 Å². The van der Waals surface area contributed by atoms with Gasteiger partial charge >= 0.3 is 0 Å². The van der Waals surface area contributed by atoms with E-state index < -0.39 is 0 Å². The number of hydrogen-bond donors (Lipinski definition) is 0. The molecule has 3 aliphatic heterocycles. The van der Waals surface area contributed by atoms with Crippen LogP contribution in [0.4, 0.5) is 0 Å². The first-order valence-electron chi connectivity index (χ1n) is 11.3. The smallest absolute Gasteiger partial charge is 0.231 e. The molecule has 30 heavy (non-hydrogen) atoms. The average Bonchev–Trinajstić information content (AvgIpc) is 3.48. The molecule has 3 atom stereocenters. The molecule has 0 spiro atoms. The van der Waals surface area contributed by atoms with Crippen molar-refractivity contribution in [3.05, 3.63) is 47.5 Å². The number of fused-ring (bicyclic) bond motifs is 3. The summed E-state index contributed by atoms with van der Waals surface area (Å²) < 4.78 is 23.9. The predicted molar refractivity (Wildman–Crippen MR) is 114 cm³/mol. The highest BCUT2D eigenvalue weighted by Crippen LogP contribution is 2.57. The van der Waals surface area contributed by atoms with Gasteiger partial charge in [0.2, 0.25) is 6.79 Å². The Morgan fingerprint density at radius 1 is 0.933 bits per heavy atom. The van der Waals surface area contributed by atoms with E-state index in [4.69, 9.17) is 18.9 Å². The van der Waals surface area contributed by atoms with Crippen LogP contribution in [0.5, 0.6) is 23.0 Å². The van der Waals surface area contributed by atoms with E-state index in [1.807, 2.05) is 0 Å². The lowest BCUT2D eigenvalue weighted by Gasteiger charge is -2.55. The van der Waals surface area contributed by atoms with E-state index in [0.717, 1.165) is 42.5 Å². The standard InChI is InChI=1S/C25H29NO4/c1-27-18-9-7-17(8-10-18)24-19-14-22-23(29-16-28-22)15-21(19)30-25(26-12-4-5-13-26)11-3-2-6-20(24)25/h7-10,14-15,20,24H,2-6,11-13,16H2,1H3/t20-,24-,25+/m1/s1. The Morgan fingerprint density at radius 3 is 2.47 bits per heavy atom. The first kappa shape index (κ1) is 18.4. The van der Waals surface area contributed by atoms with Gasteiger partial charge in [-0.25, -0.2) is 0 Å². The van der Waals surface area contributed by atoms with Gasteiger partial charge in [-0.2, -0.15) is 0 Å². The second kappa shape index (κ2) is 7.09. The summed E-state index contributed by atoms with van der Waals surface area (Å²) in [6.45, 7) is 2.55. The fraction of sp³-hybridized carbons (Fsp3) is 0.520. The molecular formula is C25H29NO4. The van der Waals surface area contributed by atoms with E-state index in [1.54, 1.807) is 7.11 Å². The zero-order chi connectivity index (χ0) is 20.1. The number of ether oxygens (including phenoxy) is 4. The Balaban J connectivity index is 1.53. The lowest BCUT2D eigenvalue weighted by Crippen LogP contribution is -2.61. The van der Waals surface area contributed by atoms with Crippen LogP contribution < -0.4 is 18.9 Å². The molecule has 3 heterocycles. The highest BCUT2D eigenvalue weighted by molar-refractivity contribution is 5.57. The SMILES string of the molecule is COc1ccc([C@@H]2c3cc4c(cc3O[C@@]3(N5CCCC5)CCCC[C@H]23)OCO4)cc1. The molecule has 2 aromatic carbocycles. The van der Waals surface area contributed by atoms with Gasteiger partial charge in [0.15, 0.2) is 17.2 Å². The minimum atomic E-state index is -0.222. The van der Waals surface area contributed by atoms with Crippen LogP contribution in [0.15, 0.2) is 36.4 Å². The molecule has 0 bridgehead atoms. The van der Waals surface area contributed by atoms with Gasteiger partial charge in [-0.3, -0.25) is 4.90 Å². The average molecular weight is 408 g/mol. The Kier molecular flexibility index (Phi) is 4.34. The molecule has 0 N–H and O–H groups in total. The molecule has 0 unspecified atom stereocenters. The summed E-state index contributed by atoms with van der Waals surface area (Å²) in [6, 6.07) is 12.8. The molecule has 5 heteroatoms. The van der Waals surface area contributed by atoms with Crippen molar-refractivity contribution in [2.75, 3.05) is 27.0 Å². The number of likely N-dealkylation sites (tertiary alicyclic amines) is 1. The van der Waals surface area contributed by atoms with Crippen LogP contribution in [0.2, 0.25) is 0 Å². The molecule has 0 aromatic heterocycles. The van der Waals surface area contributed by atoms with Gasteiger partial charge in [-0.15, -0.1) is 0 Å². The van der Waals surface area contributed by atoms with Crippen molar-refractivity contribution in [1.82, 2.24) is 4.90 Å². The van der Waals surface area contributed by atoms with Crippen LogP contribution in [0, 0.1) is 5.92 Å². The molecule has 0 amide bonds. The summed E-state index contributed by atoms with van der Waals surface area (Å²) in [5, 5.41) is 0. The van der Waals surface area contributed by atoms with Gasteiger partial charge in [0, 0.05) is 43.0 Å². The van der Waals surface area contributed by atoms with Gasteiger partial charge in [0.05, 0.1) is 7.11 Å². The highest BCUT2D eigenvalue weighted by Gasteiger charge is 2.55. The van der Waals surface area contributed by atoms with Gasteiger partial charge in [0.1, 0.15) is 11.5 Å². The number of rotatable bonds is 3. The molecule has 0 radical (unpaired) electrons. The monoisotopic (exact) mass is 407 g/mol. The van der Waals surface area contributed by atoms with Crippen LogP contribution >= 0.6 is 0 Å². The van der Waals surface area contributed by atoms with E-state index in [1.165, 1.54) is 43.2 Å². The lowest BCUT2D eigenvalue weighted by atomic mass is 9.66. The van der Waals surface area contributed by atoms with E-state index in [-0.39, 0.29) is 18.4 Å². The van der Waals surface area contributed by atoms with Crippen molar-refractivity contribution in [1.29, 1.82) is 0 Å². The fourth-order valence-corrected chi connectivity index (χ4v) is 6.16. The van der Waals surface area contributed by atoms with E-state index in [0.29, 0.717) is 5.92 Å². The third kappa shape index (κ3) is 2.71. The Bertz CT molecular complexity index is 937. The van der Waals surface area contributed by atoms with E-state index in [2.05, 4.69) is 41.3 Å². The summed E-state index contributed by atoms with van der Waals surface area (Å²) in [6.07, 6.45) is 7.29. The Labute approximate surface area is 177 Å². The first-order valence-corrected chi connectivity index (χ1v) is 11.3. The number of hydrogen-bond acceptors (Lipinski definition) is 5. The normalized spacial score (nSPS) is 29.8. The van der Waals surface area contributed by atoms with Gasteiger partial charge in [-0.1, -0.05) is 18.6 Å². The maximum atomic E-state index is 7.00. The van der Waals surface area contributed by atoms with Crippen LogP contribution in [-0.4, -0.2) is 37.6 Å². The molecular weight excluding hydrogens is 378 g/mol. The van der Waals surface area contributed by atoms with Crippen molar-refractivity contribution in [3.63, 3.8) is 0 Å². The van der Waals surface area contributed by atoms with Crippen LogP contribution in [0.3, 0.4) is 0 Å². The second-order valence-electron chi connectivity index (χ2n) is 8.99. The molecule has 158 valence electrons. The molecule has 1 aliphatic carbocycles. The predicted octanol–water partition coefficient (Wildman–Crippen LogP) is 4.93. The minimum absolute atomic E-state index is 0.222. The summed E-state index contributed by atoms with van der Waals surface area (Å²) in [4.78, 5) is 2.64. The maximum Gasteiger partial charge on any atom is 0.231 e. The fourth-order valence-electron chi connectivity index (χ4n) is 6.16. The molecule has 4 aliphatic rings. The summed E-state index contributed by atoms with van der Waals surface area (Å²) >= 11 is 0. The largest absolute Gasteiger partial charge is 0.497 e.